The van der Waals surface area contributed by atoms with Crippen LogP contribution in [-0.4, -0.2) is 79.0 Å². The molecule has 3 rings (SSSR count). The number of likely N-dealkylation sites (N-methyl/N-ethyl adjacent to an activating group) is 1. The van der Waals surface area contributed by atoms with Gasteiger partial charge in [-0.05, 0) is 44.4 Å². The van der Waals surface area contributed by atoms with Crippen molar-refractivity contribution in [3.63, 3.8) is 0 Å². The Morgan fingerprint density at radius 2 is 1.85 bits per heavy atom. The van der Waals surface area contributed by atoms with Gasteiger partial charge < -0.3 is 20.0 Å². The number of anilines is 2. The smallest absolute Gasteiger partial charge is 0.272 e. The summed E-state index contributed by atoms with van der Waals surface area (Å²) in [6.07, 6.45) is 1.60. The summed E-state index contributed by atoms with van der Waals surface area (Å²) in [5.41, 5.74) is 1.37. The zero-order valence-electron chi connectivity index (χ0n) is 15.7. The van der Waals surface area contributed by atoms with Gasteiger partial charge in [-0.2, -0.15) is 0 Å². The highest BCUT2D eigenvalue weighted by molar-refractivity contribution is 5.92. The third-order valence-electron chi connectivity index (χ3n) is 4.48. The van der Waals surface area contributed by atoms with Gasteiger partial charge in [-0.3, -0.25) is 4.79 Å². The molecular weight excluding hydrogens is 347 g/mol. The lowest BCUT2D eigenvalue weighted by molar-refractivity contribution is 0.0741. The van der Waals surface area contributed by atoms with Gasteiger partial charge in [-0.1, -0.05) is 0 Å². The van der Waals surface area contributed by atoms with E-state index in [0.717, 1.165) is 12.2 Å². The summed E-state index contributed by atoms with van der Waals surface area (Å²) in [7, 11) is 3.99. The molecule has 0 radical (unpaired) electrons. The van der Waals surface area contributed by atoms with Crippen LogP contribution in [0, 0.1) is 5.82 Å². The molecule has 27 heavy (non-hydrogen) atoms. The molecule has 0 atom stereocenters. The van der Waals surface area contributed by atoms with Gasteiger partial charge in [0.1, 0.15) is 11.5 Å². The number of halogens is 1. The largest absolute Gasteiger partial charge is 0.368 e. The molecule has 1 aliphatic heterocycles. The normalized spacial score (nSPS) is 14.5. The van der Waals surface area contributed by atoms with Crippen molar-refractivity contribution in [2.45, 2.75) is 0 Å². The minimum Gasteiger partial charge on any atom is -0.368 e. The van der Waals surface area contributed by atoms with E-state index in [-0.39, 0.29) is 11.7 Å². The van der Waals surface area contributed by atoms with E-state index in [2.05, 4.69) is 25.1 Å². The highest BCUT2D eigenvalue weighted by atomic mass is 19.1. The van der Waals surface area contributed by atoms with E-state index in [1.165, 1.54) is 12.1 Å². The lowest BCUT2D eigenvalue weighted by Gasteiger charge is -2.36. The molecule has 0 aliphatic carbocycles. The lowest BCUT2D eigenvalue weighted by Crippen LogP contribution is -2.49. The van der Waals surface area contributed by atoms with E-state index in [0.29, 0.717) is 44.4 Å². The number of benzene rings is 1. The second kappa shape index (κ2) is 8.77. The molecule has 1 N–H and O–H groups in total. The average Bonchev–Trinajstić information content (AvgIpc) is 2.68. The number of hydrogen-bond donors (Lipinski definition) is 1. The fourth-order valence-electron chi connectivity index (χ4n) is 2.94. The molecule has 7 nitrogen and oxygen atoms in total. The molecule has 1 aromatic carbocycles. The zero-order chi connectivity index (χ0) is 19.2. The first-order valence-electron chi connectivity index (χ1n) is 9.04. The number of rotatable bonds is 6. The standard InChI is InChI=1S/C19H25FN6O/c1-24(2)10-9-22-19-21-8-7-17(23-19)18(27)26-13-11-25(12-14-26)16-5-3-15(20)4-6-16/h3-8H,9-14H2,1-2H3,(H,21,22,23). The number of hydrogen-bond acceptors (Lipinski definition) is 6. The molecular formula is C19H25FN6O. The number of amides is 1. The first-order valence-corrected chi connectivity index (χ1v) is 9.04. The van der Waals surface area contributed by atoms with Crippen molar-refractivity contribution in [2.24, 2.45) is 0 Å². The number of carbonyl (C=O) groups excluding carboxylic acids is 1. The van der Waals surface area contributed by atoms with Crippen LogP contribution in [0.5, 0.6) is 0 Å². The number of aromatic nitrogens is 2. The summed E-state index contributed by atoms with van der Waals surface area (Å²) in [4.78, 5) is 27.3. The highest BCUT2D eigenvalue weighted by Crippen LogP contribution is 2.17. The SMILES string of the molecule is CN(C)CCNc1nccc(C(=O)N2CCN(c3ccc(F)cc3)CC2)n1. The molecule has 0 saturated carbocycles. The molecule has 1 fully saturated rings. The van der Waals surface area contributed by atoms with E-state index >= 15 is 0 Å². The second-order valence-corrected chi connectivity index (χ2v) is 6.75. The Labute approximate surface area is 158 Å². The number of piperazine rings is 1. The topological polar surface area (TPSA) is 64.6 Å². The molecule has 2 aromatic rings. The third-order valence-corrected chi connectivity index (χ3v) is 4.48. The van der Waals surface area contributed by atoms with E-state index in [4.69, 9.17) is 0 Å². The van der Waals surface area contributed by atoms with E-state index in [1.54, 1.807) is 29.3 Å². The van der Waals surface area contributed by atoms with Crippen LogP contribution in [0.3, 0.4) is 0 Å². The van der Waals surface area contributed by atoms with Crippen LogP contribution in [0.2, 0.25) is 0 Å². The summed E-state index contributed by atoms with van der Waals surface area (Å²) in [5, 5.41) is 3.13. The number of nitrogens with zero attached hydrogens (tertiary/aromatic N) is 5. The third kappa shape index (κ3) is 5.13. The number of nitrogens with one attached hydrogen (secondary N) is 1. The van der Waals surface area contributed by atoms with Gasteiger partial charge in [-0.25, -0.2) is 14.4 Å². The quantitative estimate of drug-likeness (QED) is 0.830. The highest BCUT2D eigenvalue weighted by Gasteiger charge is 2.23. The van der Waals surface area contributed by atoms with E-state index < -0.39 is 0 Å². The van der Waals surface area contributed by atoms with Crippen LogP contribution in [0.15, 0.2) is 36.5 Å². The zero-order valence-corrected chi connectivity index (χ0v) is 15.7. The Morgan fingerprint density at radius 3 is 2.52 bits per heavy atom. The van der Waals surface area contributed by atoms with Crippen LogP contribution < -0.4 is 10.2 Å². The minimum absolute atomic E-state index is 0.0909. The molecule has 1 amide bonds. The Kier molecular flexibility index (Phi) is 6.18. The van der Waals surface area contributed by atoms with Crippen molar-refractivity contribution in [1.29, 1.82) is 0 Å². The Bertz CT molecular complexity index is 759. The molecule has 0 spiro atoms. The molecule has 144 valence electrons. The Morgan fingerprint density at radius 1 is 1.15 bits per heavy atom. The van der Waals surface area contributed by atoms with Crippen molar-refractivity contribution in [2.75, 3.05) is 63.6 Å². The summed E-state index contributed by atoms with van der Waals surface area (Å²) in [5.74, 6) is 0.130. The molecule has 8 heteroatoms. The van der Waals surface area contributed by atoms with Gasteiger partial charge in [-0.15, -0.1) is 0 Å². The maximum absolute atomic E-state index is 13.1. The fraction of sp³-hybridized carbons (Fsp3) is 0.421. The minimum atomic E-state index is -0.244. The van der Waals surface area contributed by atoms with Gasteiger partial charge in [0.25, 0.3) is 5.91 Å². The predicted octanol–water partition coefficient (Wildman–Crippen LogP) is 1.55. The second-order valence-electron chi connectivity index (χ2n) is 6.75. The van der Waals surface area contributed by atoms with Crippen LogP contribution in [0.25, 0.3) is 0 Å². The Hall–Kier alpha value is -2.74. The Balaban J connectivity index is 1.56. The summed E-state index contributed by atoms with van der Waals surface area (Å²) < 4.78 is 13.1. The van der Waals surface area contributed by atoms with Crippen molar-refractivity contribution < 1.29 is 9.18 Å². The summed E-state index contributed by atoms with van der Waals surface area (Å²) in [6, 6.07) is 8.09. The van der Waals surface area contributed by atoms with Crippen molar-refractivity contribution in [3.05, 3.63) is 48.0 Å². The lowest BCUT2D eigenvalue weighted by atomic mass is 10.2. The van der Waals surface area contributed by atoms with Crippen LogP contribution in [-0.2, 0) is 0 Å². The van der Waals surface area contributed by atoms with Gasteiger partial charge >= 0.3 is 0 Å². The van der Waals surface area contributed by atoms with E-state index in [9.17, 15) is 9.18 Å². The molecule has 1 aromatic heterocycles. The summed E-state index contributed by atoms with van der Waals surface area (Å²) in [6.45, 7) is 4.17. The number of carbonyl (C=O) groups is 1. The van der Waals surface area contributed by atoms with Crippen LogP contribution in [0.4, 0.5) is 16.0 Å². The van der Waals surface area contributed by atoms with Crippen molar-refractivity contribution >= 4 is 17.5 Å². The van der Waals surface area contributed by atoms with Gasteiger partial charge in [0.15, 0.2) is 0 Å². The maximum Gasteiger partial charge on any atom is 0.272 e. The van der Waals surface area contributed by atoms with Gasteiger partial charge in [0, 0.05) is 51.2 Å². The van der Waals surface area contributed by atoms with Crippen molar-refractivity contribution in [3.8, 4) is 0 Å². The predicted molar refractivity (Wildman–Crippen MR) is 104 cm³/mol. The monoisotopic (exact) mass is 372 g/mol. The molecule has 1 aliphatic rings. The first kappa shape index (κ1) is 19.0. The van der Waals surface area contributed by atoms with Gasteiger partial charge in [0.2, 0.25) is 5.95 Å². The van der Waals surface area contributed by atoms with Gasteiger partial charge in [0.05, 0.1) is 0 Å². The molecule has 2 heterocycles. The average molecular weight is 372 g/mol. The van der Waals surface area contributed by atoms with Crippen LogP contribution in [0.1, 0.15) is 10.5 Å². The fourth-order valence-corrected chi connectivity index (χ4v) is 2.94. The summed E-state index contributed by atoms with van der Waals surface area (Å²) >= 11 is 0. The maximum atomic E-state index is 13.1. The van der Waals surface area contributed by atoms with E-state index in [1.807, 2.05) is 14.1 Å². The van der Waals surface area contributed by atoms with Crippen LogP contribution >= 0.6 is 0 Å². The molecule has 0 unspecified atom stereocenters. The van der Waals surface area contributed by atoms with Crippen molar-refractivity contribution in [1.82, 2.24) is 19.8 Å². The molecule has 0 bridgehead atoms. The molecule has 1 saturated heterocycles. The first-order chi connectivity index (χ1) is 13.0.